The molecule has 0 heterocycles. The molecule has 1 aliphatic rings. The summed E-state index contributed by atoms with van der Waals surface area (Å²) in [4.78, 5) is 11.3. The molecule has 0 spiro atoms. The van der Waals surface area contributed by atoms with Gasteiger partial charge < -0.3 is 9.47 Å². The lowest BCUT2D eigenvalue weighted by molar-refractivity contribution is -0.123. The van der Waals surface area contributed by atoms with Gasteiger partial charge in [0.05, 0.1) is 0 Å². The van der Waals surface area contributed by atoms with E-state index >= 15 is 0 Å². The first-order chi connectivity index (χ1) is 6.27. The number of carbonyl (C=O) groups is 1. The first-order valence-corrected chi connectivity index (χ1v) is 4.86. The number of hydrogen-bond acceptors (Lipinski definition) is 3. The number of carbonyl (C=O) groups excluding carboxylic acids is 1. The number of Topliss-reactive ketones (excluding diaryl/α,β-unsaturated/α-hetero) is 1. The average Bonchev–Trinajstić information content (AvgIpc) is 2.54. The van der Waals surface area contributed by atoms with Crippen molar-refractivity contribution in [1.82, 2.24) is 0 Å². The maximum absolute atomic E-state index is 11.3. The van der Waals surface area contributed by atoms with Gasteiger partial charge in [-0.15, -0.1) is 0 Å². The van der Waals surface area contributed by atoms with Crippen molar-refractivity contribution < 1.29 is 14.3 Å². The summed E-state index contributed by atoms with van der Waals surface area (Å²) in [5.74, 6) is 0.693. The zero-order valence-electron chi connectivity index (χ0n) is 8.41. The van der Waals surface area contributed by atoms with Crippen LogP contribution in [0.1, 0.15) is 32.1 Å². The normalized spacial score (nSPS) is 23.0. The third-order valence-corrected chi connectivity index (χ3v) is 2.71. The molecule has 0 aliphatic heterocycles. The third-order valence-electron chi connectivity index (χ3n) is 2.71. The Morgan fingerprint density at radius 1 is 1.46 bits per heavy atom. The van der Waals surface area contributed by atoms with E-state index < -0.39 is 0 Å². The summed E-state index contributed by atoms with van der Waals surface area (Å²) >= 11 is 0. The molecule has 3 nitrogen and oxygen atoms in total. The van der Waals surface area contributed by atoms with Gasteiger partial charge in [0.25, 0.3) is 0 Å². The van der Waals surface area contributed by atoms with E-state index in [4.69, 9.17) is 9.47 Å². The fourth-order valence-corrected chi connectivity index (χ4v) is 1.86. The van der Waals surface area contributed by atoms with E-state index in [1.165, 1.54) is 0 Å². The highest BCUT2D eigenvalue weighted by atomic mass is 16.7. The smallest absolute Gasteiger partial charge is 0.156 e. The lowest BCUT2D eigenvalue weighted by atomic mass is 10.0. The SMILES string of the molecule is COC(CCC1CCCC1=O)OC. The molecule has 1 fully saturated rings. The zero-order valence-corrected chi connectivity index (χ0v) is 8.41. The Kier molecular flexibility index (Phi) is 4.39. The molecule has 76 valence electrons. The van der Waals surface area contributed by atoms with Gasteiger partial charge in [-0.05, 0) is 25.7 Å². The standard InChI is InChI=1S/C10H18O3/c1-12-10(13-2)7-6-8-4-3-5-9(8)11/h8,10H,3-7H2,1-2H3. The Bertz CT molecular complexity index is 164. The van der Waals surface area contributed by atoms with E-state index in [9.17, 15) is 4.79 Å². The van der Waals surface area contributed by atoms with Gasteiger partial charge in [0.1, 0.15) is 5.78 Å². The summed E-state index contributed by atoms with van der Waals surface area (Å²) in [5.41, 5.74) is 0. The molecule has 0 amide bonds. The van der Waals surface area contributed by atoms with E-state index in [2.05, 4.69) is 0 Å². The van der Waals surface area contributed by atoms with E-state index in [1.54, 1.807) is 14.2 Å². The molecule has 0 bridgehead atoms. The Morgan fingerprint density at radius 2 is 2.15 bits per heavy atom. The van der Waals surface area contributed by atoms with Crippen molar-refractivity contribution in [2.24, 2.45) is 5.92 Å². The van der Waals surface area contributed by atoms with Crippen LogP contribution in [0.25, 0.3) is 0 Å². The summed E-state index contributed by atoms with van der Waals surface area (Å²) in [6.07, 6.45) is 4.48. The fourth-order valence-electron chi connectivity index (χ4n) is 1.86. The van der Waals surface area contributed by atoms with Gasteiger partial charge in [0.2, 0.25) is 0 Å². The molecule has 3 heteroatoms. The van der Waals surface area contributed by atoms with Crippen molar-refractivity contribution in [3.63, 3.8) is 0 Å². The molecular weight excluding hydrogens is 168 g/mol. The second kappa shape index (κ2) is 5.35. The van der Waals surface area contributed by atoms with Crippen molar-refractivity contribution in [2.45, 2.75) is 38.4 Å². The van der Waals surface area contributed by atoms with Crippen molar-refractivity contribution in [3.05, 3.63) is 0 Å². The third kappa shape index (κ3) is 3.08. The maximum Gasteiger partial charge on any atom is 0.156 e. The predicted octanol–water partition coefficient (Wildman–Crippen LogP) is 1.75. The topological polar surface area (TPSA) is 35.5 Å². The maximum atomic E-state index is 11.3. The van der Waals surface area contributed by atoms with E-state index in [-0.39, 0.29) is 12.2 Å². The Labute approximate surface area is 79.4 Å². The Hall–Kier alpha value is -0.410. The second-order valence-corrected chi connectivity index (χ2v) is 3.53. The van der Waals surface area contributed by atoms with Gasteiger partial charge in [0, 0.05) is 26.6 Å². The molecule has 0 aromatic heterocycles. The fraction of sp³-hybridized carbons (Fsp3) is 0.900. The molecule has 1 aliphatic carbocycles. The van der Waals surface area contributed by atoms with Crippen LogP contribution in [0.4, 0.5) is 0 Å². The Morgan fingerprint density at radius 3 is 2.62 bits per heavy atom. The molecule has 0 aromatic carbocycles. The van der Waals surface area contributed by atoms with Gasteiger partial charge in [0.15, 0.2) is 6.29 Å². The molecule has 1 saturated carbocycles. The summed E-state index contributed by atoms with van der Waals surface area (Å²) in [6, 6.07) is 0. The van der Waals surface area contributed by atoms with Crippen molar-refractivity contribution in [3.8, 4) is 0 Å². The van der Waals surface area contributed by atoms with Crippen LogP contribution in [0.2, 0.25) is 0 Å². The molecule has 0 aromatic rings. The summed E-state index contributed by atoms with van der Waals surface area (Å²) in [6.45, 7) is 0. The molecule has 13 heavy (non-hydrogen) atoms. The van der Waals surface area contributed by atoms with Crippen LogP contribution in [0.5, 0.6) is 0 Å². The molecule has 1 atom stereocenters. The number of hydrogen-bond donors (Lipinski definition) is 0. The van der Waals surface area contributed by atoms with Crippen LogP contribution in [0.15, 0.2) is 0 Å². The molecule has 0 saturated heterocycles. The van der Waals surface area contributed by atoms with E-state index in [0.29, 0.717) is 5.78 Å². The van der Waals surface area contributed by atoms with Crippen molar-refractivity contribution >= 4 is 5.78 Å². The number of ether oxygens (including phenoxy) is 2. The highest BCUT2D eigenvalue weighted by Gasteiger charge is 2.24. The number of methoxy groups -OCH3 is 2. The van der Waals surface area contributed by atoms with E-state index in [1.807, 2.05) is 0 Å². The summed E-state index contributed by atoms with van der Waals surface area (Å²) in [5, 5.41) is 0. The van der Waals surface area contributed by atoms with E-state index in [0.717, 1.165) is 32.1 Å². The minimum Gasteiger partial charge on any atom is -0.356 e. The van der Waals surface area contributed by atoms with Crippen LogP contribution in [-0.4, -0.2) is 26.3 Å². The van der Waals surface area contributed by atoms with Gasteiger partial charge in [-0.2, -0.15) is 0 Å². The van der Waals surface area contributed by atoms with Gasteiger partial charge >= 0.3 is 0 Å². The van der Waals surface area contributed by atoms with Crippen LogP contribution in [-0.2, 0) is 14.3 Å². The molecule has 0 N–H and O–H groups in total. The lowest BCUT2D eigenvalue weighted by Gasteiger charge is -2.14. The molecule has 0 radical (unpaired) electrons. The second-order valence-electron chi connectivity index (χ2n) is 3.53. The van der Waals surface area contributed by atoms with Crippen molar-refractivity contribution in [2.75, 3.05) is 14.2 Å². The monoisotopic (exact) mass is 186 g/mol. The Balaban J connectivity index is 2.20. The van der Waals surface area contributed by atoms with Crippen molar-refractivity contribution in [1.29, 1.82) is 0 Å². The van der Waals surface area contributed by atoms with Crippen LogP contribution >= 0.6 is 0 Å². The quantitative estimate of drug-likeness (QED) is 0.614. The highest BCUT2D eigenvalue weighted by molar-refractivity contribution is 5.82. The lowest BCUT2D eigenvalue weighted by Crippen LogP contribution is -2.16. The average molecular weight is 186 g/mol. The zero-order chi connectivity index (χ0) is 9.68. The van der Waals surface area contributed by atoms with Crippen LogP contribution < -0.4 is 0 Å². The highest BCUT2D eigenvalue weighted by Crippen LogP contribution is 2.26. The summed E-state index contributed by atoms with van der Waals surface area (Å²) in [7, 11) is 3.26. The number of rotatable bonds is 5. The molecule has 1 unspecified atom stereocenters. The predicted molar refractivity (Wildman–Crippen MR) is 49.4 cm³/mol. The summed E-state index contributed by atoms with van der Waals surface area (Å²) < 4.78 is 10.1. The minimum atomic E-state index is -0.145. The first kappa shape index (κ1) is 10.7. The number of ketones is 1. The van der Waals surface area contributed by atoms with Crippen LogP contribution in [0, 0.1) is 5.92 Å². The molecular formula is C10H18O3. The van der Waals surface area contributed by atoms with Gasteiger partial charge in [-0.1, -0.05) is 0 Å². The minimum absolute atomic E-state index is 0.145. The largest absolute Gasteiger partial charge is 0.356 e. The van der Waals surface area contributed by atoms with Crippen LogP contribution in [0.3, 0.4) is 0 Å². The van der Waals surface area contributed by atoms with Gasteiger partial charge in [-0.3, -0.25) is 4.79 Å². The van der Waals surface area contributed by atoms with Gasteiger partial charge in [-0.25, -0.2) is 0 Å². The first-order valence-electron chi connectivity index (χ1n) is 4.86. The molecule has 1 rings (SSSR count).